The molecule has 1 aromatic heterocycles. The summed E-state index contributed by atoms with van der Waals surface area (Å²) in [6, 6.07) is -0.171. The third-order valence-electron chi connectivity index (χ3n) is 2.30. The van der Waals surface area contributed by atoms with Gasteiger partial charge < -0.3 is 5.32 Å². The van der Waals surface area contributed by atoms with Crippen molar-refractivity contribution in [3.8, 4) is 0 Å². The van der Waals surface area contributed by atoms with E-state index >= 15 is 0 Å². The molecule has 18 heavy (non-hydrogen) atoms. The Labute approximate surface area is 113 Å². The molecule has 98 valence electrons. The second-order valence-electron chi connectivity index (χ2n) is 4.08. The summed E-state index contributed by atoms with van der Waals surface area (Å²) in [5, 5.41) is 13.3. The average molecular weight is 286 g/mol. The van der Waals surface area contributed by atoms with Gasteiger partial charge in [0.05, 0.1) is 5.25 Å². The van der Waals surface area contributed by atoms with Gasteiger partial charge in [0.25, 0.3) is 0 Å². The first kappa shape index (κ1) is 13.3. The molecule has 0 spiro atoms. The smallest absolute Gasteiger partial charge is 0.321 e. The molecule has 2 N–H and O–H groups in total. The number of thioether (sulfide) groups is 1. The SMILES string of the molecule is Cc1nnc(SC(C)C(=O)NC(=O)NC2CC2)s1. The van der Waals surface area contributed by atoms with Crippen molar-refractivity contribution in [2.24, 2.45) is 0 Å². The van der Waals surface area contributed by atoms with Gasteiger partial charge in [0.1, 0.15) is 5.01 Å². The van der Waals surface area contributed by atoms with Crippen LogP contribution in [-0.4, -0.2) is 33.4 Å². The lowest BCUT2D eigenvalue weighted by atomic mass is 10.4. The average Bonchev–Trinajstić information content (AvgIpc) is 3.00. The van der Waals surface area contributed by atoms with Gasteiger partial charge in [-0.3, -0.25) is 10.1 Å². The van der Waals surface area contributed by atoms with E-state index in [4.69, 9.17) is 0 Å². The van der Waals surface area contributed by atoms with E-state index in [9.17, 15) is 9.59 Å². The van der Waals surface area contributed by atoms with Crippen LogP contribution in [0.4, 0.5) is 4.79 Å². The van der Waals surface area contributed by atoms with E-state index in [1.807, 2.05) is 6.92 Å². The monoisotopic (exact) mass is 286 g/mol. The van der Waals surface area contributed by atoms with E-state index in [1.165, 1.54) is 23.1 Å². The van der Waals surface area contributed by atoms with Crippen molar-refractivity contribution in [2.75, 3.05) is 0 Å². The molecule has 0 saturated heterocycles. The number of carbonyl (C=O) groups is 2. The van der Waals surface area contributed by atoms with Gasteiger partial charge in [-0.25, -0.2) is 4.79 Å². The van der Waals surface area contributed by atoms with Crippen LogP contribution in [0.2, 0.25) is 0 Å². The van der Waals surface area contributed by atoms with Gasteiger partial charge in [-0.2, -0.15) is 0 Å². The molecule has 1 aliphatic carbocycles. The van der Waals surface area contributed by atoms with Crippen LogP contribution in [0.1, 0.15) is 24.8 Å². The Balaban J connectivity index is 1.78. The van der Waals surface area contributed by atoms with Crippen molar-refractivity contribution in [3.63, 3.8) is 0 Å². The van der Waals surface area contributed by atoms with Crippen molar-refractivity contribution in [3.05, 3.63) is 5.01 Å². The minimum Gasteiger partial charge on any atom is -0.335 e. The fraction of sp³-hybridized carbons (Fsp3) is 0.600. The highest BCUT2D eigenvalue weighted by atomic mass is 32.2. The summed E-state index contributed by atoms with van der Waals surface area (Å²) in [4.78, 5) is 23.1. The predicted molar refractivity (Wildman–Crippen MR) is 69.7 cm³/mol. The fourth-order valence-corrected chi connectivity index (χ4v) is 3.15. The largest absolute Gasteiger partial charge is 0.335 e. The highest BCUT2D eigenvalue weighted by molar-refractivity contribution is 8.02. The van der Waals surface area contributed by atoms with Gasteiger partial charge in [-0.15, -0.1) is 10.2 Å². The van der Waals surface area contributed by atoms with Crippen molar-refractivity contribution in [1.29, 1.82) is 0 Å². The molecule has 0 aromatic carbocycles. The predicted octanol–water partition coefficient (Wildman–Crippen LogP) is 1.32. The van der Waals surface area contributed by atoms with Crippen LogP contribution >= 0.6 is 23.1 Å². The quantitative estimate of drug-likeness (QED) is 0.815. The number of hydrogen-bond acceptors (Lipinski definition) is 6. The highest BCUT2D eigenvalue weighted by Gasteiger charge is 2.25. The Morgan fingerprint density at radius 3 is 2.72 bits per heavy atom. The summed E-state index contributed by atoms with van der Waals surface area (Å²) in [6.45, 7) is 3.59. The Kier molecular flexibility index (Phi) is 4.18. The number of carbonyl (C=O) groups excluding carboxylic acids is 2. The summed E-state index contributed by atoms with van der Waals surface area (Å²) in [5.41, 5.74) is 0. The molecule has 0 bridgehead atoms. The normalized spacial score (nSPS) is 16.1. The number of aromatic nitrogens is 2. The highest BCUT2D eigenvalue weighted by Crippen LogP contribution is 2.26. The molecule has 1 saturated carbocycles. The molecule has 1 heterocycles. The molecule has 1 aliphatic rings. The lowest BCUT2D eigenvalue weighted by molar-refractivity contribution is -0.119. The van der Waals surface area contributed by atoms with Crippen LogP contribution in [0, 0.1) is 6.92 Å². The zero-order valence-electron chi connectivity index (χ0n) is 10.1. The number of nitrogens with one attached hydrogen (secondary N) is 2. The zero-order valence-corrected chi connectivity index (χ0v) is 11.7. The van der Waals surface area contributed by atoms with E-state index in [1.54, 1.807) is 6.92 Å². The Bertz CT molecular complexity index is 458. The molecule has 2 rings (SSSR count). The van der Waals surface area contributed by atoms with Gasteiger partial charge in [0.15, 0.2) is 4.34 Å². The molecule has 8 heteroatoms. The van der Waals surface area contributed by atoms with E-state index < -0.39 is 6.03 Å². The van der Waals surface area contributed by atoms with E-state index in [0.29, 0.717) is 0 Å². The summed E-state index contributed by atoms with van der Waals surface area (Å²) >= 11 is 2.74. The molecular weight excluding hydrogens is 272 g/mol. The third kappa shape index (κ3) is 3.95. The van der Waals surface area contributed by atoms with Crippen molar-refractivity contribution in [2.45, 2.75) is 42.3 Å². The summed E-state index contributed by atoms with van der Waals surface area (Å²) in [7, 11) is 0. The standard InChI is InChI=1S/C10H14N4O2S2/c1-5(17-10-14-13-6(2)18-10)8(15)12-9(16)11-7-3-4-7/h5,7H,3-4H2,1-2H3,(H2,11,12,15,16). The fourth-order valence-electron chi connectivity index (χ4n) is 1.19. The molecule has 6 nitrogen and oxygen atoms in total. The lowest BCUT2D eigenvalue weighted by Gasteiger charge is -2.09. The first-order valence-corrected chi connectivity index (χ1v) is 7.32. The van der Waals surface area contributed by atoms with Gasteiger partial charge >= 0.3 is 6.03 Å². The first-order chi connectivity index (χ1) is 8.54. The molecule has 1 atom stereocenters. The van der Waals surface area contributed by atoms with E-state index in [-0.39, 0.29) is 17.2 Å². The lowest BCUT2D eigenvalue weighted by Crippen LogP contribution is -2.43. The number of nitrogens with zero attached hydrogens (tertiary/aromatic N) is 2. The third-order valence-corrected chi connectivity index (χ3v) is 4.33. The molecule has 0 radical (unpaired) electrons. The molecule has 1 fully saturated rings. The zero-order chi connectivity index (χ0) is 13.1. The maximum atomic E-state index is 11.7. The molecule has 1 aromatic rings. The molecule has 3 amide bonds. The Hall–Kier alpha value is -1.15. The second kappa shape index (κ2) is 5.66. The molecule has 0 aliphatic heterocycles. The summed E-state index contributed by atoms with van der Waals surface area (Å²) < 4.78 is 0.734. The molecular formula is C10H14N4O2S2. The number of rotatable bonds is 4. The Morgan fingerprint density at radius 1 is 1.44 bits per heavy atom. The van der Waals surface area contributed by atoms with Crippen LogP contribution < -0.4 is 10.6 Å². The minimum atomic E-state index is -0.414. The topological polar surface area (TPSA) is 84.0 Å². The maximum absolute atomic E-state index is 11.7. The van der Waals surface area contributed by atoms with Crippen LogP contribution in [0.5, 0.6) is 0 Å². The van der Waals surface area contributed by atoms with E-state index in [2.05, 4.69) is 20.8 Å². The van der Waals surface area contributed by atoms with Gasteiger partial charge in [0.2, 0.25) is 5.91 Å². The number of urea groups is 1. The van der Waals surface area contributed by atoms with Crippen LogP contribution in [0.15, 0.2) is 4.34 Å². The molecule has 1 unspecified atom stereocenters. The van der Waals surface area contributed by atoms with Crippen LogP contribution in [0.25, 0.3) is 0 Å². The second-order valence-corrected chi connectivity index (χ2v) is 6.85. The number of hydrogen-bond donors (Lipinski definition) is 2. The number of aryl methyl sites for hydroxylation is 1. The maximum Gasteiger partial charge on any atom is 0.321 e. The van der Waals surface area contributed by atoms with Crippen molar-refractivity contribution >= 4 is 35.0 Å². The number of imide groups is 1. The summed E-state index contributed by atoms with van der Waals surface area (Å²) in [6.07, 6.45) is 1.99. The Morgan fingerprint density at radius 2 is 2.17 bits per heavy atom. The first-order valence-electron chi connectivity index (χ1n) is 5.62. The van der Waals surface area contributed by atoms with E-state index in [0.717, 1.165) is 22.2 Å². The van der Waals surface area contributed by atoms with Crippen molar-refractivity contribution in [1.82, 2.24) is 20.8 Å². The van der Waals surface area contributed by atoms with Gasteiger partial charge in [-0.05, 0) is 26.7 Å². The van der Waals surface area contributed by atoms with Gasteiger partial charge in [0, 0.05) is 6.04 Å². The summed E-state index contributed by atoms with van der Waals surface area (Å²) in [5.74, 6) is -0.314. The minimum absolute atomic E-state index is 0.242. The van der Waals surface area contributed by atoms with Crippen LogP contribution in [0.3, 0.4) is 0 Å². The van der Waals surface area contributed by atoms with Crippen molar-refractivity contribution < 1.29 is 9.59 Å². The van der Waals surface area contributed by atoms with Crippen LogP contribution in [-0.2, 0) is 4.79 Å². The number of amides is 3. The van der Waals surface area contributed by atoms with Gasteiger partial charge in [-0.1, -0.05) is 23.1 Å².